The van der Waals surface area contributed by atoms with E-state index in [2.05, 4.69) is 46.6 Å². The van der Waals surface area contributed by atoms with E-state index in [1.807, 2.05) is 43.5 Å². The molecule has 6 nitrogen and oxygen atoms in total. The molecule has 0 aliphatic rings. The Labute approximate surface area is 192 Å². The van der Waals surface area contributed by atoms with Crippen molar-refractivity contribution in [3.63, 3.8) is 0 Å². The molecule has 1 amide bonds. The minimum atomic E-state index is -0.0142. The van der Waals surface area contributed by atoms with Crippen molar-refractivity contribution >= 4 is 23.3 Å². The van der Waals surface area contributed by atoms with Gasteiger partial charge in [0.1, 0.15) is 10.8 Å². The monoisotopic (exact) mass is 446 g/mol. The van der Waals surface area contributed by atoms with Gasteiger partial charge < -0.3 is 10.1 Å². The summed E-state index contributed by atoms with van der Waals surface area (Å²) >= 11 is 1.46. The highest BCUT2D eigenvalue weighted by Crippen LogP contribution is 2.28. The second-order valence-electron chi connectivity index (χ2n) is 7.49. The molecule has 7 heteroatoms. The predicted octanol–water partition coefficient (Wildman–Crippen LogP) is 4.68. The molecule has 164 valence electrons. The van der Waals surface area contributed by atoms with Gasteiger partial charge in [0.25, 0.3) is 0 Å². The zero-order chi connectivity index (χ0) is 22.5. The van der Waals surface area contributed by atoms with Gasteiger partial charge in [0.15, 0.2) is 5.65 Å². The fourth-order valence-electron chi connectivity index (χ4n) is 3.41. The molecular weight excluding hydrogens is 420 g/mol. The Kier molecular flexibility index (Phi) is 6.75. The first-order valence-corrected chi connectivity index (χ1v) is 11.5. The third-order valence-electron chi connectivity index (χ3n) is 5.24. The van der Waals surface area contributed by atoms with Crippen LogP contribution >= 0.6 is 11.8 Å². The molecule has 1 N–H and O–H groups in total. The highest BCUT2D eigenvalue weighted by Gasteiger charge is 2.14. The second kappa shape index (κ2) is 9.87. The molecule has 0 aliphatic carbocycles. The van der Waals surface area contributed by atoms with Gasteiger partial charge in [-0.1, -0.05) is 55.1 Å². The van der Waals surface area contributed by atoms with Crippen molar-refractivity contribution in [2.75, 3.05) is 12.9 Å². The second-order valence-corrected chi connectivity index (χ2v) is 8.49. The normalized spacial score (nSPS) is 11.0. The van der Waals surface area contributed by atoms with Gasteiger partial charge in [-0.15, -0.1) is 0 Å². The number of ether oxygens (including phenoxy) is 1. The van der Waals surface area contributed by atoms with Crippen LogP contribution in [-0.4, -0.2) is 33.4 Å². The van der Waals surface area contributed by atoms with Crippen molar-refractivity contribution in [2.45, 2.75) is 31.8 Å². The van der Waals surface area contributed by atoms with E-state index in [1.165, 1.54) is 17.3 Å². The Hall–Kier alpha value is -3.32. The minimum absolute atomic E-state index is 0.0142. The van der Waals surface area contributed by atoms with Crippen molar-refractivity contribution in [3.05, 3.63) is 77.6 Å². The number of aromatic nitrogens is 3. The van der Waals surface area contributed by atoms with Gasteiger partial charge in [0.05, 0.1) is 19.1 Å². The lowest BCUT2D eigenvalue weighted by Crippen LogP contribution is -2.24. The first-order chi connectivity index (χ1) is 15.6. The number of rotatable bonds is 8. The van der Waals surface area contributed by atoms with Crippen molar-refractivity contribution in [1.82, 2.24) is 19.9 Å². The van der Waals surface area contributed by atoms with E-state index < -0.39 is 0 Å². The average Bonchev–Trinajstić information content (AvgIpc) is 3.25. The first-order valence-electron chi connectivity index (χ1n) is 10.5. The molecular formula is C25H26N4O2S. The molecule has 0 saturated heterocycles. The van der Waals surface area contributed by atoms with E-state index in [4.69, 9.17) is 4.74 Å². The molecule has 4 rings (SSSR count). The van der Waals surface area contributed by atoms with Gasteiger partial charge in [-0.25, -0.2) is 9.50 Å². The summed E-state index contributed by atoms with van der Waals surface area (Å²) in [5.41, 5.74) is 6.00. The van der Waals surface area contributed by atoms with Crippen LogP contribution in [0.2, 0.25) is 0 Å². The van der Waals surface area contributed by atoms with E-state index in [9.17, 15) is 4.79 Å². The van der Waals surface area contributed by atoms with E-state index in [0.717, 1.165) is 45.2 Å². The summed E-state index contributed by atoms with van der Waals surface area (Å²) in [6.45, 7) is 4.61. The number of hydrogen-bond donors (Lipinski definition) is 1. The summed E-state index contributed by atoms with van der Waals surface area (Å²) in [6.07, 6.45) is 2.82. The van der Waals surface area contributed by atoms with Crippen LogP contribution in [0, 0.1) is 6.92 Å². The summed E-state index contributed by atoms with van der Waals surface area (Å²) < 4.78 is 7.05. The minimum Gasteiger partial charge on any atom is -0.497 e. The molecule has 0 unspecified atom stereocenters. The number of carbonyl (C=O) groups excluding carboxylic acids is 1. The van der Waals surface area contributed by atoms with Gasteiger partial charge in [-0.2, -0.15) is 5.10 Å². The molecule has 0 radical (unpaired) electrons. The Morgan fingerprint density at radius 2 is 1.81 bits per heavy atom. The van der Waals surface area contributed by atoms with Gasteiger partial charge in [-0.3, -0.25) is 4.79 Å². The molecule has 2 aromatic heterocycles. The molecule has 0 spiro atoms. The van der Waals surface area contributed by atoms with E-state index in [0.29, 0.717) is 12.3 Å². The molecule has 32 heavy (non-hydrogen) atoms. The zero-order valence-electron chi connectivity index (χ0n) is 18.5. The molecule has 4 aromatic rings. The molecule has 0 atom stereocenters. The molecule has 0 fully saturated rings. The third kappa shape index (κ3) is 4.94. The van der Waals surface area contributed by atoms with Gasteiger partial charge in [0.2, 0.25) is 5.91 Å². The van der Waals surface area contributed by atoms with Crippen LogP contribution in [0.1, 0.15) is 23.7 Å². The number of nitrogens with zero attached hydrogens (tertiary/aromatic N) is 3. The number of hydrogen-bond acceptors (Lipinski definition) is 5. The molecule has 2 aromatic carbocycles. The predicted molar refractivity (Wildman–Crippen MR) is 128 cm³/mol. The molecule has 0 bridgehead atoms. The lowest BCUT2D eigenvalue weighted by Gasteiger charge is -2.08. The van der Waals surface area contributed by atoms with Crippen LogP contribution in [0.3, 0.4) is 0 Å². The number of carbonyl (C=O) groups is 1. The maximum atomic E-state index is 12.4. The van der Waals surface area contributed by atoms with Gasteiger partial charge in [0, 0.05) is 17.8 Å². The largest absolute Gasteiger partial charge is 0.497 e. The first kappa shape index (κ1) is 21.9. The van der Waals surface area contributed by atoms with Crippen LogP contribution in [0.5, 0.6) is 5.75 Å². The SMILES string of the molecule is CCc1ccc(CNC(=O)CSc2cc(C)nc3c(-c4ccc(OC)cc4)cnn23)cc1. The van der Waals surface area contributed by atoms with E-state index in [-0.39, 0.29) is 5.91 Å². The fourth-order valence-corrected chi connectivity index (χ4v) is 4.30. The Balaban J connectivity index is 1.45. The maximum absolute atomic E-state index is 12.4. The number of nitrogens with one attached hydrogen (secondary N) is 1. The molecule has 0 aliphatic heterocycles. The summed E-state index contributed by atoms with van der Waals surface area (Å²) in [7, 11) is 1.65. The van der Waals surface area contributed by atoms with Crippen LogP contribution in [-0.2, 0) is 17.8 Å². The fraction of sp³-hybridized carbons (Fsp3) is 0.240. The molecule has 0 saturated carbocycles. The lowest BCUT2D eigenvalue weighted by molar-refractivity contribution is -0.118. The summed E-state index contributed by atoms with van der Waals surface area (Å²) in [6, 6.07) is 18.1. The summed E-state index contributed by atoms with van der Waals surface area (Å²) in [5, 5.41) is 8.42. The number of amides is 1. The molecule has 2 heterocycles. The zero-order valence-corrected chi connectivity index (χ0v) is 19.3. The van der Waals surface area contributed by atoms with Crippen LogP contribution in [0.25, 0.3) is 16.8 Å². The van der Waals surface area contributed by atoms with Crippen molar-refractivity contribution in [1.29, 1.82) is 0 Å². The van der Waals surface area contributed by atoms with Crippen molar-refractivity contribution in [3.8, 4) is 16.9 Å². The standard InChI is InChI=1S/C25H26N4O2S/c1-4-18-5-7-19(8-6-18)14-26-23(30)16-32-24-13-17(2)28-25-22(15-27-29(24)25)20-9-11-21(31-3)12-10-20/h5-13,15H,4,14,16H2,1-3H3,(H,26,30). The van der Waals surface area contributed by atoms with Crippen LogP contribution in [0.4, 0.5) is 0 Å². The highest BCUT2D eigenvalue weighted by atomic mass is 32.2. The number of benzene rings is 2. The Bertz CT molecular complexity index is 1220. The van der Waals surface area contributed by atoms with Crippen molar-refractivity contribution < 1.29 is 9.53 Å². The third-order valence-corrected chi connectivity index (χ3v) is 6.23. The van der Waals surface area contributed by atoms with Gasteiger partial charge in [-0.05, 0) is 48.2 Å². The Morgan fingerprint density at radius 1 is 1.09 bits per heavy atom. The Morgan fingerprint density at radius 3 is 2.50 bits per heavy atom. The maximum Gasteiger partial charge on any atom is 0.230 e. The smallest absolute Gasteiger partial charge is 0.230 e. The number of methoxy groups -OCH3 is 1. The highest BCUT2D eigenvalue weighted by molar-refractivity contribution is 7.99. The van der Waals surface area contributed by atoms with Crippen LogP contribution in [0.15, 0.2) is 65.8 Å². The van der Waals surface area contributed by atoms with Crippen LogP contribution < -0.4 is 10.1 Å². The van der Waals surface area contributed by atoms with E-state index >= 15 is 0 Å². The van der Waals surface area contributed by atoms with Gasteiger partial charge >= 0.3 is 0 Å². The lowest BCUT2D eigenvalue weighted by atomic mass is 10.1. The van der Waals surface area contributed by atoms with E-state index in [1.54, 1.807) is 11.6 Å². The number of aryl methyl sites for hydroxylation is 2. The average molecular weight is 447 g/mol. The summed E-state index contributed by atoms with van der Waals surface area (Å²) in [4.78, 5) is 17.1. The van der Waals surface area contributed by atoms with Crippen molar-refractivity contribution in [2.24, 2.45) is 0 Å². The number of thioether (sulfide) groups is 1. The topological polar surface area (TPSA) is 68.5 Å². The quantitative estimate of drug-likeness (QED) is 0.314. The number of fused-ring (bicyclic) bond motifs is 1. The summed E-state index contributed by atoms with van der Waals surface area (Å²) in [5.74, 6) is 1.10.